The molecule has 0 unspecified atom stereocenters. The molecule has 3 heterocycles. The molecule has 0 radical (unpaired) electrons. The van der Waals surface area contributed by atoms with E-state index >= 15 is 0 Å². The molecular formula is C32H43N3O4S. The van der Waals surface area contributed by atoms with Gasteiger partial charge in [0.15, 0.2) is 0 Å². The Morgan fingerprint density at radius 2 is 1.80 bits per heavy atom. The van der Waals surface area contributed by atoms with Crippen LogP contribution in [-0.2, 0) is 19.1 Å². The molecule has 2 N–H and O–H groups in total. The Hall–Kier alpha value is -2.32. The van der Waals surface area contributed by atoms with E-state index in [1.807, 2.05) is 47.6 Å². The van der Waals surface area contributed by atoms with Gasteiger partial charge in [-0.15, -0.1) is 11.8 Å². The van der Waals surface area contributed by atoms with Crippen LogP contribution in [0.2, 0.25) is 0 Å². The largest absolute Gasteiger partial charge is 0.359 e. The fraction of sp³-hybridized carbons (Fsp3) is 0.656. The highest BCUT2D eigenvalue weighted by Gasteiger charge is 2.73. The molecule has 4 fully saturated rings. The van der Waals surface area contributed by atoms with Crippen LogP contribution in [0.3, 0.4) is 0 Å². The Morgan fingerprint density at radius 3 is 2.58 bits per heavy atom. The number of amides is 3. The van der Waals surface area contributed by atoms with Gasteiger partial charge in [-0.25, -0.2) is 0 Å². The lowest BCUT2D eigenvalue weighted by Gasteiger charge is -2.42. The van der Waals surface area contributed by atoms with Crippen molar-refractivity contribution < 1.29 is 19.1 Å². The van der Waals surface area contributed by atoms with Gasteiger partial charge in [0.05, 0.1) is 17.9 Å². The number of thioether (sulfide) groups is 1. The van der Waals surface area contributed by atoms with E-state index in [9.17, 15) is 14.4 Å². The summed E-state index contributed by atoms with van der Waals surface area (Å²) in [5.41, 5.74) is -0.411. The molecule has 6 rings (SSSR count). The SMILES string of the molecule is CSc1cccc(NC(=O)[C@@H]2[C@@H]3C=C[C@]4(O3)[C@@H]2C(=O)N([C@H]2CCCC[C@@H]2C)[C@H]4C(=O)N[C@@H]2CCC[C@H](C)[C@@H]2C)c1. The predicted molar refractivity (Wildman–Crippen MR) is 157 cm³/mol. The number of rotatable bonds is 6. The summed E-state index contributed by atoms with van der Waals surface area (Å²) in [5, 5.41) is 6.44. The first-order valence-corrected chi connectivity index (χ1v) is 16.4. The summed E-state index contributed by atoms with van der Waals surface area (Å²) in [7, 11) is 0. The van der Waals surface area contributed by atoms with Crippen molar-refractivity contribution in [2.24, 2.45) is 29.6 Å². The van der Waals surface area contributed by atoms with E-state index in [-0.39, 0.29) is 29.8 Å². The fourth-order valence-corrected chi connectivity index (χ4v) is 8.71. The van der Waals surface area contributed by atoms with Gasteiger partial charge in [-0.2, -0.15) is 0 Å². The van der Waals surface area contributed by atoms with E-state index in [0.717, 1.165) is 43.4 Å². The minimum atomic E-state index is -1.12. The molecule has 10 atom stereocenters. The van der Waals surface area contributed by atoms with Crippen LogP contribution in [0.15, 0.2) is 41.3 Å². The number of carbonyl (C=O) groups excluding carboxylic acids is 3. The molecule has 1 spiro atoms. The Morgan fingerprint density at radius 1 is 1.02 bits per heavy atom. The highest BCUT2D eigenvalue weighted by molar-refractivity contribution is 7.98. The molecule has 7 nitrogen and oxygen atoms in total. The molecule has 2 saturated carbocycles. The Kier molecular flexibility index (Phi) is 7.53. The van der Waals surface area contributed by atoms with E-state index in [2.05, 4.69) is 31.4 Å². The normalized spacial score (nSPS) is 40.2. The van der Waals surface area contributed by atoms with Gasteiger partial charge in [0, 0.05) is 22.7 Å². The van der Waals surface area contributed by atoms with E-state index in [0.29, 0.717) is 23.4 Å². The van der Waals surface area contributed by atoms with E-state index in [1.54, 1.807) is 11.8 Å². The van der Waals surface area contributed by atoms with Gasteiger partial charge in [-0.05, 0) is 61.5 Å². The number of hydrogen-bond acceptors (Lipinski definition) is 5. The summed E-state index contributed by atoms with van der Waals surface area (Å²) >= 11 is 1.61. The van der Waals surface area contributed by atoms with Gasteiger partial charge in [0.1, 0.15) is 11.6 Å². The number of anilines is 1. The van der Waals surface area contributed by atoms with Crippen LogP contribution < -0.4 is 10.6 Å². The minimum Gasteiger partial charge on any atom is -0.359 e. The number of ether oxygens (including phenoxy) is 1. The van der Waals surface area contributed by atoms with Crippen molar-refractivity contribution in [1.82, 2.24) is 10.2 Å². The quantitative estimate of drug-likeness (QED) is 0.374. The molecule has 3 amide bonds. The van der Waals surface area contributed by atoms with Crippen molar-refractivity contribution in [1.29, 1.82) is 0 Å². The minimum absolute atomic E-state index is 0.0299. The zero-order valence-electron chi connectivity index (χ0n) is 24.1. The Labute approximate surface area is 242 Å². The summed E-state index contributed by atoms with van der Waals surface area (Å²) in [5.74, 6) is -0.632. The van der Waals surface area contributed by atoms with Crippen LogP contribution in [0.4, 0.5) is 5.69 Å². The molecule has 5 aliphatic rings. The van der Waals surface area contributed by atoms with Crippen molar-refractivity contribution in [3.63, 3.8) is 0 Å². The van der Waals surface area contributed by atoms with Crippen LogP contribution in [0.1, 0.15) is 65.7 Å². The van der Waals surface area contributed by atoms with E-state index in [4.69, 9.17) is 4.74 Å². The van der Waals surface area contributed by atoms with Crippen molar-refractivity contribution in [3.05, 3.63) is 36.4 Å². The maximum Gasteiger partial charge on any atom is 0.246 e. The van der Waals surface area contributed by atoms with Gasteiger partial charge in [0.25, 0.3) is 0 Å². The monoisotopic (exact) mass is 565 g/mol. The second kappa shape index (κ2) is 10.8. The van der Waals surface area contributed by atoms with Gasteiger partial charge in [-0.3, -0.25) is 14.4 Å². The van der Waals surface area contributed by atoms with Crippen LogP contribution in [0, 0.1) is 29.6 Å². The van der Waals surface area contributed by atoms with Crippen LogP contribution in [0.25, 0.3) is 0 Å². The first-order valence-electron chi connectivity index (χ1n) is 15.2. The van der Waals surface area contributed by atoms with E-state index < -0.39 is 29.6 Å². The lowest BCUT2D eigenvalue weighted by atomic mass is 9.73. The highest BCUT2D eigenvalue weighted by atomic mass is 32.2. The second-order valence-electron chi connectivity index (χ2n) is 12.9. The van der Waals surface area contributed by atoms with Crippen LogP contribution in [-0.4, -0.2) is 58.7 Å². The molecule has 1 aromatic rings. The molecule has 8 heteroatoms. The Bertz CT molecular complexity index is 1200. The van der Waals surface area contributed by atoms with Crippen LogP contribution >= 0.6 is 11.8 Å². The third-order valence-electron chi connectivity index (χ3n) is 10.7. The molecule has 2 aliphatic carbocycles. The standard InChI is InChI=1S/C32H43N3O4S/c1-18-10-7-13-23(20(18)3)34-30(37)28-32-16-15-25(39-32)26(29(36)33-21-11-8-12-22(17-21)40-4)27(32)31(38)35(28)24-14-6-5-9-19(24)2/h8,11-12,15-20,23-28H,5-7,9-10,13-14H2,1-4H3,(H,33,36)(H,34,37)/t18-,19-,20-,23+,24-,25-,26+,27-,28-,32-/m0/s1. The summed E-state index contributed by atoms with van der Waals surface area (Å²) in [6.07, 6.45) is 12.6. The maximum absolute atomic E-state index is 14.5. The average molecular weight is 566 g/mol. The highest BCUT2D eigenvalue weighted by Crippen LogP contribution is 2.56. The number of fused-ring (bicyclic) bond motifs is 1. The molecule has 2 saturated heterocycles. The van der Waals surface area contributed by atoms with Gasteiger partial charge < -0.3 is 20.3 Å². The van der Waals surface area contributed by atoms with Crippen molar-refractivity contribution in [2.45, 2.75) is 100 Å². The molecule has 1 aromatic carbocycles. The zero-order chi connectivity index (χ0) is 28.2. The molecule has 3 aliphatic heterocycles. The Balaban J connectivity index is 1.33. The molecule has 2 bridgehead atoms. The summed E-state index contributed by atoms with van der Waals surface area (Å²) in [6, 6.07) is 7.01. The van der Waals surface area contributed by atoms with Crippen molar-refractivity contribution >= 4 is 35.2 Å². The lowest BCUT2D eigenvalue weighted by molar-refractivity contribution is -0.146. The topological polar surface area (TPSA) is 87.7 Å². The average Bonchev–Trinajstić information content (AvgIpc) is 3.59. The maximum atomic E-state index is 14.5. The third kappa shape index (κ3) is 4.50. The number of likely N-dealkylation sites (tertiary alicyclic amines) is 1. The zero-order valence-corrected chi connectivity index (χ0v) is 24.9. The molecular weight excluding hydrogens is 522 g/mol. The number of nitrogens with zero attached hydrogens (tertiary/aromatic N) is 1. The number of nitrogens with one attached hydrogen (secondary N) is 2. The fourth-order valence-electron chi connectivity index (χ4n) is 8.25. The van der Waals surface area contributed by atoms with Crippen molar-refractivity contribution in [3.8, 4) is 0 Å². The van der Waals surface area contributed by atoms with Crippen LogP contribution in [0.5, 0.6) is 0 Å². The summed E-state index contributed by atoms with van der Waals surface area (Å²) in [4.78, 5) is 45.5. The molecule has 40 heavy (non-hydrogen) atoms. The number of hydrogen-bond donors (Lipinski definition) is 2. The number of carbonyl (C=O) groups is 3. The summed E-state index contributed by atoms with van der Waals surface area (Å²) < 4.78 is 6.60. The smallest absolute Gasteiger partial charge is 0.246 e. The second-order valence-corrected chi connectivity index (χ2v) is 13.8. The van der Waals surface area contributed by atoms with Gasteiger partial charge in [-0.1, -0.05) is 64.7 Å². The predicted octanol–water partition coefficient (Wildman–Crippen LogP) is 5.02. The first-order chi connectivity index (χ1) is 19.2. The lowest BCUT2D eigenvalue weighted by Crippen LogP contribution is -2.60. The first kappa shape index (κ1) is 27.8. The summed E-state index contributed by atoms with van der Waals surface area (Å²) in [6.45, 7) is 6.68. The number of benzene rings is 1. The van der Waals surface area contributed by atoms with Crippen molar-refractivity contribution in [2.75, 3.05) is 11.6 Å². The van der Waals surface area contributed by atoms with E-state index in [1.165, 1.54) is 6.42 Å². The molecule has 0 aromatic heterocycles. The van der Waals surface area contributed by atoms with Gasteiger partial charge >= 0.3 is 0 Å². The van der Waals surface area contributed by atoms with Gasteiger partial charge in [0.2, 0.25) is 17.7 Å². The third-order valence-corrected chi connectivity index (χ3v) is 11.4. The molecule has 216 valence electrons.